The van der Waals surface area contributed by atoms with Crippen LogP contribution < -0.4 is 5.32 Å². The summed E-state index contributed by atoms with van der Waals surface area (Å²) in [6.45, 7) is 10.4. The highest BCUT2D eigenvalue weighted by molar-refractivity contribution is 5.22. The average molecular weight is 289 g/mol. The number of fused-ring (bicyclic) bond motifs is 1. The number of aryl methyl sites for hydroxylation is 2. The van der Waals surface area contributed by atoms with Crippen molar-refractivity contribution in [1.82, 2.24) is 14.9 Å². The van der Waals surface area contributed by atoms with Gasteiger partial charge in [0, 0.05) is 11.7 Å². The van der Waals surface area contributed by atoms with Gasteiger partial charge in [0.05, 0.1) is 11.7 Å². The maximum absolute atomic E-state index is 4.91. The van der Waals surface area contributed by atoms with E-state index in [1.807, 2.05) is 0 Å². The smallest absolute Gasteiger partial charge is 0.106 e. The Balaban J connectivity index is 1.98. The Morgan fingerprint density at radius 2 is 1.95 bits per heavy atom. The number of hydrogen-bond acceptors (Lipinski definition) is 2. The third-order valence-corrected chi connectivity index (χ3v) is 5.54. The lowest BCUT2D eigenvalue weighted by molar-refractivity contribution is 0.150. The topological polar surface area (TPSA) is 29.9 Å². The van der Waals surface area contributed by atoms with Crippen molar-refractivity contribution in [2.75, 3.05) is 6.54 Å². The second kappa shape index (κ2) is 6.12. The minimum Gasteiger partial charge on any atom is -0.327 e. The molecule has 0 bridgehead atoms. The van der Waals surface area contributed by atoms with E-state index < -0.39 is 0 Å². The van der Waals surface area contributed by atoms with Crippen LogP contribution in [0.3, 0.4) is 0 Å². The first-order chi connectivity index (χ1) is 10.1. The second-order valence-electron chi connectivity index (χ2n) is 7.34. The molecule has 0 amide bonds. The fourth-order valence-corrected chi connectivity index (χ4v) is 4.83. The summed E-state index contributed by atoms with van der Waals surface area (Å²) in [5.41, 5.74) is 2.94. The van der Waals surface area contributed by atoms with Crippen LogP contribution in [-0.2, 0) is 12.8 Å². The molecule has 0 aromatic carbocycles. The molecule has 1 saturated carbocycles. The molecular weight excluding hydrogens is 258 g/mol. The first-order valence-corrected chi connectivity index (χ1v) is 8.91. The van der Waals surface area contributed by atoms with Crippen molar-refractivity contribution in [1.29, 1.82) is 0 Å². The molecule has 2 aliphatic carbocycles. The zero-order valence-electron chi connectivity index (χ0n) is 14.2. The van der Waals surface area contributed by atoms with Crippen molar-refractivity contribution >= 4 is 0 Å². The zero-order valence-corrected chi connectivity index (χ0v) is 14.2. The Kier molecular flexibility index (Phi) is 4.39. The Bertz CT molecular complexity index is 491. The molecule has 3 nitrogen and oxygen atoms in total. The Hall–Kier alpha value is -0.830. The highest BCUT2D eigenvalue weighted by Gasteiger charge is 2.37. The molecule has 4 atom stereocenters. The van der Waals surface area contributed by atoms with Gasteiger partial charge in [0.15, 0.2) is 0 Å². The largest absolute Gasteiger partial charge is 0.327 e. The molecule has 1 aromatic rings. The summed E-state index contributed by atoms with van der Waals surface area (Å²) in [7, 11) is 0. The van der Waals surface area contributed by atoms with E-state index in [4.69, 9.17) is 4.98 Å². The van der Waals surface area contributed by atoms with Crippen LogP contribution in [0.4, 0.5) is 0 Å². The molecule has 3 heteroatoms. The molecule has 21 heavy (non-hydrogen) atoms. The SMILES string of the molecule is CCNC1CC(C)CC(C)C1n1c(C)nc2c1CCCC2. The highest BCUT2D eigenvalue weighted by atomic mass is 15.2. The van der Waals surface area contributed by atoms with Crippen molar-refractivity contribution in [3.63, 3.8) is 0 Å². The summed E-state index contributed by atoms with van der Waals surface area (Å²) in [6, 6.07) is 1.20. The molecule has 0 radical (unpaired) electrons. The second-order valence-corrected chi connectivity index (χ2v) is 7.34. The van der Waals surface area contributed by atoms with E-state index in [1.54, 1.807) is 5.69 Å². The van der Waals surface area contributed by atoms with Crippen molar-refractivity contribution in [2.24, 2.45) is 11.8 Å². The molecule has 1 heterocycles. The lowest BCUT2D eigenvalue weighted by Crippen LogP contribution is -2.46. The quantitative estimate of drug-likeness (QED) is 0.920. The van der Waals surface area contributed by atoms with Gasteiger partial charge in [-0.05, 0) is 63.8 Å². The molecule has 2 aliphatic rings. The minimum atomic E-state index is 0.593. The van der Waals surface area contributed by atoms with Crippen LogP contribution in [0.25, 0.3) is 0 Å². The van der Waals surface area contributed by atoms with E-state index in [0.29, 0.717) is 12.1 Å². The first kappa shape index (κ1) is 15.1. The highest BCUT2D eigenvalue weighted by Crippen LogP contribution is 2.39. The maximum Gasteiger partial charge on any atom is 0.106 e. The number of rotatable bonds is 3. The van der Waals surface area contributed by atoms with E-state index in [2.05, 4.69) is 37.6 Å². The van der Waals surface area contributed by atoms with Gasteiger partial charge in [-0.2, -0.15) is 0 Å². The Labute approximate surface area is 129 Å². The van der Waals surface area contributed by atoms with E-state index >= 15 is 0 Å². The van der Waals surface area contributed by atoms with E-state index in [0.717, 1.165) is 18.4 Å². The third-order valence-electron chi connectivity index (χ3n) is 5.54. The van der Waals surface area contributed by atoms with Crippen LogP contribution in [0.15, 0.2) is 0 Å². The number of imidazole rings is 1. The molecule has 0 aliphatic heterocycles. The van der Waals surface area contributed by atoms with E-state index in [1.165, 1.54) is 50.0 Å². The van der Waals surface area contributed by atoms with Gasteiger partial charge < -0.3 is 9.88 Å². The zero-order chi connectivity index (χ0) is 15.0. The fraction of sp³-hybridized carbons (Fsp3) is 0.833. The third kappa shape index (κ3) is 2.77. The predicted octanol–water partition coefficient (Wildman–Crippen LogP) is 3.66. The van der Waals surface area contributed by atoms with Crippen LogP contribution in [0.2, 0.25) is 0 Å². The molecule has 0 saturated heterocycles. The molecule has 1 fully saturated rings. The summed E-state index contributed by atoms with van der Waals surface area (Å²) >= 11 is 0. The van der Waals surface area contributed by atoms with Crippen LogP contribution in [0, 0.1) is 18.8 Å². The summed E-state index contributed by atoms with van der Waals surface area (Å²) < 4.78 is 2.62. The Morgan fingerprint density at radius 1 is 1.19 bits per heavy atom. The number of aromatic nitrogens is 2. The normalized spacial score (nSPS) is 33.0. The van der Waals surface area contributed by atoms with Gasteiger partial charge in [-0.25, -0.2) is 4.98 Å². The predicted molar refractivity (Wildman–Crippen MR) is 87.7 cm³/mol. The molecule has 1 aromatic heterocycles. The molecule has 0 spiro atoms. The van der Waals surface area contributed by atoms with Gasteiger partial charge in [-0.15, -0.1) is 0 Å². The van der Waals surface area contributed by atoms with E-state index in [-0.39, 0.29) is 0 Å². The number of nitrogens with zero attached hydrogens (tertiary/aromatic N) is 2. The van der Waals surface area contributed by atoms with Crippen molar-refractivity contribution < 1.29 is 0 Å². The van der Waals surface area contributed by atoms with Gasteiger partial charge in [0.25, 0.3) is 0 Å². The molecule has 118 valence electrons. The van der Waals surface area contributed by atoms with Crippen molar-refractivity contribution in [3.05, 3.63) is 17.2 Å². The van der Waals surface area contributed by atoms with Crippen molar-refractivity contribution in [3.8, 4) is 0 Å². The van der Waals surface area contributed by atoms with Crippen LogP contribution >= 0.6 is 0 Å². The summed E-state index contributed by atoms with van der Waals surface area (Å²) in [6.07, 6.45) is 7.72. The lowest BCUT2D eigenvalue weighted by atomic mass is 9.76. The number of nitrogens with one attached hydrogen (secondary N) is 1. The Morgan fingerprint density at radius 3 is 2.71 bits per heavy atom. The molecular formula is C18H31N3. The van der Waals surface area contributed by atoms with Crippen LogP contribution in [-0.4, -0.2) is 22.1 Å². The number of likely N-dealkylation sites (N-methyl/N-ethyl adjacent to an activating group) is 1. The standard InChI is InChI=1S/C18H31N3/c1-5-19-16-11-12(2)10-13(3)18(16)21-14(4)20-15-8-6-7-9-17(15)21/h12-13,16,18-19H,5-11H2,1-4H3. The van der Waals surface area contributed by atoms with Crippen LogP contribution in [0.5, 0.6) is 0 Å². The maximum atomic E-state index is 4.91. The van der Waals surface area contributed by atoms with Gasteiger partial charge in [-0.3, -0.25) is 0 Å². The monoisotopic (exact) mass is 289 g/mol. The summed E-state index contributed by atoms with van der Waals surface area (Å²) in [5.74, 6) is 2.81. The van der Waals surface area contributed by atoms with Gasteiger partial charge in [-0.1, -0.05) is 20.8 Å². The molecule has 4 unspecified atom stereocenters. The average Bonchev–Trinajstić information content (AvgIpc) is 2.75. The van der Waals surface area contributed by atoms with Gasteiger partial charge in [0.1, 0.15) is 5.82 Å². The van der Waals surface area contributed by atoms with Gasteiger partial charge in [0.2, 0.25) is 0 Å². The molecule has 1 N–H and O–H groups in total. The number of hydrogen-bond donors (Lipinski definition) is 1. The van der Waals surface area contributed by atoms with Crippen molar-refractivity contribution in [2.45, 2.75) is 78.3 Å². The lowest BCUT2D eigenvalue weighted by Gasteiger charge is -2.42. The summed E-state index contributed by atoms with van der Waals surface area (Å²) in [5, 5.41) is 3.77. The molecule has 3 rings (SSSR count). The minimum absolute atomic E-state index is 0.593. The van der Waals surface area contributed by atoms with Gasteiger partial charge >= 0.3 is 0 Å². The summed E-state index contributed by atoms with van der Waals surface area (Å²) in [4.78, 5) is 4.91. The first-order valence-electron chi connectivity index (χ1n) is 8.91. The van der Waals surface area contributed by atoms with Crippen LogP contribution in [0.1, 0.15) is 69.7 Å². The fourth-order valence-electron chi connectivity index (χ4n) is 4.83. The van der Waals surface area contributed by atoms with E-state index in [9.17, 15) is 0 Å².